The minimum absolute atomic E-state index is 0.276. The van der Waals surface area contributed by atoms with Crippen molar-refractivity contribution in [3.05, 3.63) is 47.0 Å². The molecule has 0 aliphatic rings. The zero-order chi connectivity index (χ0) is 14.0. The molecule has 0 fully saturated rings. The van der Waals surface area contributed by atoms with Crippen LogP contribution in [0.5, 0.6) is 11.6 Å². The normalized spacial score (nSPS) is 10.4. The Morgan fingerprint density at radius 3 is 2.58 bits per heavy atom. The maximum Gasteiger partial charge on any atom is 0.258 e. The van der Waals surface area contributed by atoms with Gasteiger partial charge in [-0.15, -0.1) is 0 Å². The molecule has 0 aliphatic heterocycles. The largest absolute Gasteiger partial charge is 0.436 e. The van der Waals surface area contributed by atoms with E-state index in [0.717, 1.165) is 11.1 Å². The van der Waals surface area contributed by atoms with Gasteiger partial charge in [-0.05, 0) is 31.0 Å². The molecule has 1 aromatic carbocycles. The number of rotatable bonds is 3. The van der Waals surface area contributed by atoms with E-state index < -0.39 is 11.6 Å². The summed E-state index contributed by atoms with van der Waals surface area (Å²) in [5.41, 5.74) is 3.82. The maximum atomic E-state index is 13.6. The minimum atomic E-state index is -0.891. The van der Waals surface area contributed by atoms with E-state index in [1.165, 1.54) is 0 Å². The molecule has 4 nitrogen and oxygen atoms in total. The summed E-state index contributed by atoms with van der Waals surface area (Å²) in [5, 5.41) is 0. The van der Waals surface area contributed by atoms with Gasteiger partial charge in [0.2, 0.25) is 0 Å². The molecule has 0 bridgehead atoms. The molecular formula is C13H13F2N3O. The SMILES string of the molecule is Cc1ccc(C)c(Oc2nc(NN)c(F)cc2F)c1. The van der Waals surface area contributed by atoms with Gasteiger partial charge < -0.3 is 10.2 Å². The molecule has 19 heavy (non-hydrogen) atoms. The topological polar surface area (TPSA) is 60.2 Å². The van der Waals surface area contributed by atoms with Crippen molar-refractivity contribution in [1.29, 1.82) is 0 Å². The van der Waals surface area contributed by atoms with E-state index in [2.05, 4.69) is 4.98 Å². The van der Waals surface area contributed by atoms with Crippen molar-refractivity contribution in [3.63, 3.8) is 0 Å². The van der Waals surface area contributed by atoms with Gasteiger partial charge >= 0.3 is 0 Å². The van der Waals surface area contributed by atoms with Gasteiger partial charge in [0.15, 0.2) is 17.5 Å². The first kappa shape index (κ1) is 13.2. The molecule has 1 heterocycles. The summed E-state index contributed by atoms with van der Waals surface area (Å²) >= 11 is 0. The highest BCUT2D eigenvalue weighted by Crippen LogP contribution is 2.28. The van der Waals surface area contributed by atoms with Crippen molar-refractivity contribution < 1.29 is 13.5 Å². The Morgan fingerprint density at radius 2 is 1.89 bits per heavy atom. The molecule has 2 rings (SSSR count). The highest BCUT2D eigenvalue weighted by molar-refractivity contribution is 5.42. The van der Waals surface area contributed by atoms with Gasteiger partial charge in [-0.3, -0.25) is 0 Å². The maximum absolute atomic E-state index is 13.6. The van der Waals surface area contributed by atoms with Crippen LogP contribution >= 0.6 is 0 Å². The molecule has 6 heteroatoms. The first-order valence-corrected chi connectivity index (χ1v) is 5.59. The summed E-state index contributed by atoms with van der Waals surface area (Å²) in [7, 11) is 0. The average molecular weight is 265 g/mol. The van der Waals surface area contributed by atoms with Crippen LogP contribution in [-0.2, 0) is 0 Å². The molecule has 3 N–H and O–H groups in total. The Balaban J connectivity index is 2.40. The molecule has 1 aromatic heterocycles. The summed E-state index contributed by atoms with van der Waals surface area (Å²) in [4.78, 5) is 3.65. The minimum Gasteiger partial charge on any atom is -0.436 e. The number of pyridine rings is 1. The Labute approximate surface area is 109 Å². The first-order chi connectivity index (χ1) is 9.01. The molecule has 0 unspecified atom stereocenters. The van der Waals surface area contributed by atoms with E-state index in [9.17, 15) is 8.78 Å². The zero-order valence-electron chi connectivity index (χ0n) is 10.5. The third-order valence-electron chi connectivity index (χ3n) is 2.58. The van der Waals surface area contributed by atoms with Gasteiger partial charge in [-0.1, -0.05) is 12.1 Å². The van der Waals surface area contributed by atoms with Crippen molar-refractivity contribution in [3.8, 4) is 11.6 Å². The van der Waals surface area contributed by atoms with Gasteiger partial charge in [-0.25, -0.2) is 14.6 Å². The number of hydrogen-bond acceptors (Lipinski definition) is 4. The van der Waals surface area contributed by atoms with Gasteiger partial charge in [-0.2, -0.15) is 4.98 Å². The van der Waals surface area contributed by atoms with Crippen LogP contribution in [0.4, 0.5) is 14.6 Å². The lowest BCUT2D eigenvalue weighted by molar-refractivity contribution is 0.415. The van der Waals surface area contributed by atoms with E-state index >= 15 is 0 Å². The highest BCUT2D eigenvalue weighted by atomic mass is 19.1. The molecule has 2 aromatic rings. The molecule has 0 amide bonds. The van der Waals surface area contributed by atoms with Crippen molar-refractivity contribution in [2.45, 2.75) is 13.8 Å². The lowest BCUT2D eigenvalue weighted by Gasteiger charge is -2.11. The highest BCUT2D eigenvalue weighted by Gasteiger charge is 2.14. The summed E-state index contributed by atoms with van der Waals surface area (Å²) in [6, 6.07) is 6.16. The fourth-order valence-electron chi connectivity index (χ4n) is 1.54. The second-order valence-corrected chi connectivity index (χ2v) is 4.12. The number of aryl methyl sites for hydroxylation is 2. The molecular weight excluding hydrogens is 252 g/mol. The number of ether oxygens (including phenoxy) is 1. The average Bonchev–Trinajstić information content (AvgIpc) is 2.37. The number of benzene rings is 1. The van der Waals surface area contributed by atoms with Gasteiger partial charge in [0.1, 0.15) is 5.75 Å². The van der Waals surface area contributed by atoms with Crippen LogP contribution < -0.4 is 16.0 Å². The van der Waals surface area contributed by atoms with Crippen LogP contribution in [0.1, 0.15) is 11.1 Å². The summed E-state index contributed by atoms with van der Waals surface area (Å²) in [6.45, 7) is 3.70. The lowest BCUT2D eigenvalue weighted by atomic mass is 10.1. The molecule has 0 saturated carbocycles. The van der Waals surface area contributed by atoms with E-state index in [4.69, 9.17) is 10.6 Å². The second-order valence-electron chi connectivity index (χ2n) is 4.12. The number of anilines is 1. The number of halogens is 2. The third kappa shape index (κ3) is 2.79. The Kier molecular flexibility index (Phi) is 3.62. The lowest BCUT2D eigenvalue weighted by Crippen LogP contribution is -2.11. The van der Waals surface area contributed by atoms with Crippen molar-refractivity contribution in [2.75, 3.05) is 5.43 Å². The molecule has 0 spiro atoms. The zero-order valence-corrected chi connectivity index (χ0v) is 10.5. The van der Waals surface area contributed by atoms with E-state index in [0.29, 0.717) is 11.8 Å². The first-order valence-electron chi connectivity index (χ1n) is 5.59. The van der Waals surface area contributed by atoms with E-state index in [1.807, 2.05) is 31.4 Å². The van der Waals surface area contributed by atoms with Gasteiger partial charge in [0, 0.05) is 6.07 Å². The number of hydrazine groups is 1. The Morgan fingerprint density at radius 1 is 1.16 bits per heavy atom. The predicted octanol–water partition coefficient (Wildman–Crippen LogP) is 3.05. The number of nitrogens with one attached hydrogen (secondary N) is 1. The molecule has 100 valence electrons. The fraction of sp³-hybridized carbons (Fsp3) is 0.154. The molecule has 0 saturated heterocycles. The van der Waals surface area contributed by atoms with Crippen LogP contribution in [0.3, 0.4) is 0 Å². The summed E-state index contributed by atoms with van der Waals surface area (Å²) in [6.07, 6.45) is 0. The third-order valence-corrected chi connectivity index (χ3v) is 2.58. The second kappa shape index (κ2) is 5.19. The summed E-state index contributed by atoms with van der Waals surface area (Å²) in [5.74, 6) is 3.17. The Bertz CT molecular complexity index is 617. The van der Waals surface area contributed by atoms with Crippen LogP contribution in [0.2, 0.25) is 0 Å². The monoisotopic (exact) mass is 265 g/mol. The standard InChI is InChI=1S/C13H13F2N3O/c1-7-3-4-8(2)11(5-7)19-13-10(15)6-9(14)12(17-13)18-16/h3-6H,16H2,1-2H3,(H,17,18). The number of nitrogens with two attached hydrogens (primary N) is 1. The van der Waals surface area contributed by atoms with Crippen LogP contribution in [-0.4, -0.2) is 4.98 Å². The number of nitrogens with zero attached hydrogens (tertiary/aromatic N) is 1. The number of nitrogen functional groups attached to an aromatic ring is 1. The van der Waals surface area contributed by atoms with Gasteiger partial charge in [0.05, 0.1) is 0 Å². The smallest absolute Gasteiger partial charge is 0.258 e. The van der Waals surface area contributed by atoms with Crippen molar-refractivity contribution in [1.82, 2.24) is 4.98 Å². The van der Waals surface area contributed by atoms with E-state index in [-0.39, 0.29) is 11.7 Å². The number of hydrogen-bond donors (Lipinski definition) is 2. The van der Waals surface area contributed by atoms with Gasteiger partial charge in [0.25, 0.3) is 5.88 Å². The Hall–Kier alpha value is -2.21. The van der Waals surface area contributed by atoms with E-state index in [1.54, 1.807) is 6.07 Å². The van der Waals surface area contributed by atoms with Crippen molar-refractivity contribution >= 4 is 5.82 Å². The molecule has 0 radical (unpaired) electrons. The van der Waals surface area contributed by atoms with Crippen LogP contribution in [0, 0.1) is 25.5 Å². The van der Waals surface area contributed by atoms with Crippen LogP contribution in [0.25, 0.3) is 0 Å². The molecule has 0 atom stereocenters. The fourth-order valence-corrected chi connectivity index (χ4v) is 1.54. The van der Waals surface area contributed by atoms with Crippen molar-refractivity contribution in [2.24, 2.45) is 5.84 Å². The number of aromatic nitrogens is 1. The summed E-state index contributed by atoms with van der Waals surface area (Å²) < 4.78 is 32.2. The molecule has 0 aliphatic carbocycles. The predicted molar refractivity (Wildman–Crippen MR) is 68.0 cm³/mol. The quantitative estimate of drug-likeness (QED) is 0.661. The van der Waals surface area contributed by atoms with Crippen LogP contribution in [0.15, 0.2) is 24.3 Å².